The van der Waals surface area contributed by atoms with Gasteiger partial charge in [-0.1, -0.05) is 12.1 Å². The predicted octanol–water partition coefficient (Wildman–Crippen LogP) is 2.13. The Hall–Kier alpha value is -1.84. The molecule has 1 saturated heterocycles. The quantitative estimate of drug-likeness (QED) is 0.666. The van der Waals surface area contributed by atoms with Crippen molar-refractivity contribution in [1.82, 2.24) is 4.90 Å². The monoisotopic (exact) mass is 260 g/mol. The van der Waals surface area contributed by atoms with Crippen LogP contribution in [0.1, 0.15) is 37.7 Å². The largest absolute Gasteiger partial charge is 0.399 e. The molecule has 0 saturated carbocycles. The van der Waals surface area contributed by atoms with Crippen molar-refractivity contribution < 1.29 is 9.59 Å². The van der Waals surface area contributed by atoms with Gasteiger partial charge >= 0.3 is 0 Å². The molecule has 2 N–H and O–H groups in total. The highest BCUT2D eigenvalue weighted by Gasteiger charge is 2.23. The summed E-state index contributed by atoms with van der Waals surface area (Å²) in [5, 5.41) is 0. The van der Waals surface area contributed by atoms with E-state index in [1.807, 2.05) is 24.3 Å². The first-order valence-electron chi connectivity index (χ1n) is 6.84. The van der Waals surface area contributed by atoms with Crippen LogP contribution in [0.25, 0.3) is 0 Å². The van der Waals surface area contributed by atoms with Gasteiger partial charge < -0.3 is 5.73 Å². The van der Waals surface area contributed by atoms with Crippen LogP contribution in [0.3, 0.4) is 0 Å². The third-order valence-corrected chi connectivity index (χ3v) is 3.46. The van der Waals surface area contributed by atoms with Crippen LogP contribution in [0.5, 0.6) is 0 Å². The van der Waals surface area contributed by atoms with E-state index in [9.17, 15) is 9.59 Å². The standard InChI is InChI=1S/C15H20N2O2/c16-13-9-7-12(8-10-13)4-3-11-17-14(18)5-1-2-6-15(17)19/h7-10H,1-6,11,16H2. The number of nitrogen functional groups attached to an aromatic ring is 1. The van der Waals surface area contributed by atoms with Crippen molar-refractivity contribution >= 4 is 17.5 Å². The van der Waals surface area contributed by atoms with Crippen LogP contribution in [-0.2, 0) is 16.0 Å². The van der Waals surface area contributed by atoms with E-state index >= 15 is 0 Å². The maximum absolute atomic E-state index is 11.8. The molecule has 0 bridgehead atoms. The summed E-state index contributed by atoms with van der Waals surface area (Å²) in [7, 11) is 0. The van der Waals surface area contributed by atoms with E-state index in [2.05, 4.69) is 0 Å². The zero-order chi connectivity index (χ0) is 13.7. The Morgan fingerprint density at radius 2 is 1.58 bits per heavy atom. The minimum absolute atomic E-state index is 0.0141. The Morgan fingerprint density at radius 1 is 1.00 bits per heavy atom. The van der Waals surface area contributed by atoms with Gasteiger partial charge in [0.25, 0.3) is 0 Å². The van der Waals surface area contributed by atoms with Gasteiger partial charge in [0.05, 0.1) is 0 Å². The van der Waals surface area contributed by atoms with E-state index in [1.165, 1.54) is 10.5 Å². The highest BCUT2D eigenvalue weighted by molar-refractivity contribution is 5.95. The number of hydrogen-bond donors (Lipinski definition) is 1. The number of aryl methyl sites for hydroxylation is 1. The lowest BCUT2D eigenvalue weighted by molar-refractivity contribution is -0.143. The summed E-state index contributed by atoms with van der Waals surface area (Å²) < 4.78 is 0. The molecule has 4 heteroatoms. The molecule has 0 aliphatic carbocycles. The van der Waals surface area contributed by atoms with Crippen molar-refractivity contribution in [3.8, 4) is 0 Å². The highest BCUT2D eigenvalue weighted by Crippen LogP contribution is 2.14. The zero-order valence-electron chi connectivity index (χ0n) is 11.1. The number of rotatable bonds is 4. The number of hydrogen-bond acceptors (Lipinski definition) is 3. The molecular weight excluding hydrogens is 240 g/mol. The van der Waals surface area contributed by atoms with E-state index in [4.69, 9.17) is 5.73 Å². The number of anilines is 1. The average Bonchev–Trinajstić information content (AvgIpc) is 2.55. The summed E-state index contributed by atoms with van der Waals surface area (Å²) in [4.78, 5) is 25.0. The maximum Gasteiger partial charge on any atom is 0.229 e. The van der Waals surface area contributed by atoms with Crippen LogP contribution in [0.15, 0.2) is 24.3 Å². The molecule has 1 fully saturated rings. The summed E-state index contributed by atoms with van der Waals surface area (Å²) in [5.74, 6) is -0.0281. The molecule has 0 spiro atoms. The van der Waals surface area contributed by atoms with Crippen LogP contribution < -0.4 is 5.73 Å². The molecule has 0 aromatic heterocycles. The van der Waals surface area contributed by atoms with Crippen LogP contribution >= 0.6 is 0 Å². The van der Waals surface area contributed by atoms with Gasteiger partial charge in [-0.2, -0.15) is 0 Å². The Bertz CT molecular complexity index is 436. The molecule has 0 radical (unpaired) electrons. The number of nitrogens with zero attached hydrogens (tertiary/aromatic N) is 1. The van der Waals surface area contributed by atoms with Crippen molar-refractivity contribution in [2.45, 2.75) is 38.5 Å². The van der Waals surface area contributed by atoms with E-state index in [1.54, 1.807) is 0 Å². The van der Waals surface area contributed by atoms with Gasteiger partial charge in [-0.3, -0.25) is 14.5 Å². The molecule has 1 aliphatic rings. The number of likely N-dealkylation sites (tertiary alicyclic amines) is 1. The summed E-state index contributed by atoms with van der Waals surface area (Å²) in [6, 6.07) is 7.72. The predicted molar refractivity (Wildman–Crippen MR) is 74.4 cm³/mol. The summed E-state index contributed by atoms with van der Waals surface area (Å²) in [5.41, 5.74) is 7.56. The van der Waals surface area contributed by atoms with Gasteiger partial charge in [0.1, 0.15) is 0 Å². The first kappa shape index (κ1) is 13.6. The highest BCUT2D eigenvalue weighted by atomic mass is 16.2. The third kappa shape index (κ3) is 3.81. The topological polar surface area (TPSA) is 63.4 Å². The van der Waals surface area contributed by atoms with E-state index in [-0.39, 0.29) is 11.8 Å². The number of benzene rings is 1. The SMILES string of the molecule is Nc1ccc(CCCN2C(=O)CCCCC2=O)cc1. The molecular formula is C15H20N2O2. The molecule has 102 valence electrons. The summed E-state index contributed by atoms with van der Waals surface area (Å²) in [6.07, 6.45) is 4.35. The average molecular weight is 260 g/mol. The van der Waals surface area contributed by atoms with E-state index < -0.39 is 0 Å². The van der Waals surface area contributed by atoms with Crippen molar-refractivity contribution in [2.24, 2.45) is 0 Å². The lowest BCUT2D eigenvalue weighted by atomic mass is 10.1. The van der Waals surface area contributed by atoms with Crippen LogP contribution in [0.2, 0.25) is 0 Å². The van der Waals surface area contributed by atoms with Gasteiger partial charge in [0, 0.05) is 25.1 Å². The Labute approximate surface area is 113 Å². The molecule has 2 rings (SSSR count). The van der Waals surface area contributed by atoms with Gasteiger partial charge in [-0.15, -0.1) is 0 Å². The second-order valence-corrected chi connectivity index (χ2v) is 4.99. The zero-order valence-corrected chi connectivity index (χ0v) is 11.1. The molecule has 1 aromatic carbocycles. The smallest absolute Gasteiger partial charge is 0.229 e. The Balaban J connectivity index is 1.85. The second-order valence-electron chi connectivity index (χ2n) is 4.99. The van der Waals surface area contributed by atoms with Gasteiger partial charge in [0.15, 0.2) is 0 Å². The molecule has 19 heavy (non-hydrogen) atoms. The van der Waals surface area contributed by atoms with Gasteiger partial charge in [-0.25, -0.2) is 0 Å². The van der Waals surface area contributed by atoms with Crippen LogP contribution in [0.4, 0.5) is 5.69 Å². The number of nitrogens with two attached hydrogens (primary N) is 1. The molecule has 0 atom stereocenters. The van der Waals surface area contributed by atoms with Crippen molar-refractivity contribution in [1.29, 1.82) is 0 Å². The molecule has 2 amide bonds. The fourth-order valence-electron chi connectivity index (χ4n) is 2.34. The Morgan fingerprint density at radius 3 is 2.16 bits per heavy atom. The minimum Gasteiger partial charge on any atom is -0.399 e. The van der Waals surface area contributed by atoms with Gasteiger partial charge in [-0.05, 0) is 43.4 Å². The fraction of sp³-hybridized carbons (Fsp3) is 0.467. The van der Waals surface area contributed by atoms with Crippen LogP contribution in [-0.4, -0.2) is 23.3 Å². The summed E-state index contributed by atoms with van der Waals surface area (Å²) >= 11 is 0. The normalized spacial score (nSPS) is 16.5. The molecule has 1 aliphatic heterocycles. The third-order valence-electron chi connectivity index (χ3n) is 3.46. The lowest BCUT2D eigenvalue weighted by Crippen LogP contribution is -2.36. The number of imide groups is 1. The number of carbonyl (C=O) groups excluding carboxylic acids is 2. The molecule has 1 heterocycles. The van der Waals surface area contributed by atoms with Crippen molar-refractivity contribution in [2.75, 3.05) is 12.3 Å². The fourth-order valence-corrected chi connectivity index (χ4v) is 2.34. The van der Waals surface area contributed by atoms with Crippen molar-refractivity contribution in [3.63, 3.8) is 0 Å². The second kappa shape index (κ2) is 6.36. The van der Waals surface area contributed by atoms with Crippen molar-refractivity contribution in [3.05, 3.63) is 29.8 Å². The molecule has 1 aromatic rings. The van der Waals surface area contributed by atoms with Crippen LogP contribution in [0, 0.1) is 0 Å². The Kier molecular flexibility index (Phi) is 4.55. The molecule has 4 nitrogen and oxygen atoms in total. The first-order valence-corrected chi connectivity index (χ1v) is 6.84. The maximum atomic E-state index is 11.8. The number of amides is 2. The lowest BCUT2D eigenvalue weighted by Gasteiger charge is -2.18. The molecule has 0 unspecified atom stereocenters. The summed E-state index contributed by atoms with van der Waals surface area (Å²) in [6.45, 7) is 0.530. The number of carbonyl (C=O) groups is 2. The van der Waals surface area contributed by atoms with Gasteiger partial charge in [0.2, 0.25) is 11.8 Å². The first-order chi connectivity index (χ1) is 9.16. The minimum atomic E-state index is -0.0141. The van der Waals surface area contributed by atoms with E-state index in [0.717, 1.165) is 31.4 Å². The van der Waals surface area contributed by atoms with E-state index in [0.29, 0.717) is 19.4 Å².